The standard InChI is InChI=1S/C30H46O5/c1-25(2)13-14-30(24(34)35)19(15-25)18-7-8-21-26(3)11-10-22(32)27(4,17-31)20(26)9-12-28(21,5)29(18,6)16-23(30)33/h17,20-23,32-33H,7-16H2,1-6H3,(H,34,35)/t20-,21-,22+,23-,26+,27+,28-,29-,30-/m1/s1. The average Bonchev–Trinajstić information content (AvgIpc) is 2.76. The van der Waals surface area contributed by atoms with Gasteiger partial charge in [-0.05, 0) is 97.7 Å². The van der Waals surface area contributed by atoms with Gasteiger partial charge in [0.2, 0.25) is 0 Å². The van der Waals surface area contributed by atoms with Crippen LogP contribution in [0.25, 0.3) is 0 Å². The van der Waals surface area contributed by atoms with Crippen LogP contribution in [0.15, 0.2) is 11.1 Å². The van der Waals surface area contributed by atoms with Gasteiger partial charge < -0.3 is 20.1 Å². The summed E-state index contributed by atoms with van der Waals surface area (Å²) >= 11 is 0. The summed E-state index contributed by atoms with van der Waals surface area (Å²) in [6.07, 6.45) is 7.41. The van der Waals surface area contributed by atoms with Gasteiger partial charge in [-0.2, -0.15) is 0 Å². The fourth-order valence-corrected chi connectivity index (χ4v) is 10.6. The number of aldehydes is 1. The molecule has 0 saturated heterocycles. The van der Waals surface area contributed by atoms with E-state index in [0.717, 1.165) is 56.8 Å². The van der Waals surface area contributed by atoms with Crippen LogP contribution in [-0.2, 0) is 9.59 Å². The van der Waals surface area contributed by atoms with Gasteiger partial charge in [0.1, 0.15) is 11.7 Å². The second kappa shape index (κ2) is 7.43. The van der Waals surface area contributed by atoms with Crippen molar-refractivity contribution in [3.63, 3.8) is 0 Å². The van der Waals surface area contributed by atoms with Gasteiger partial charge in [0.05, 0.1) is 17.6 Å². The Kier molecular flexibility index (Phi) is 5.40. The van der Waals surface area contributed by atoms with E-state index in [2.05, 4.69) is 34.6 Å². The highest BCUT2D eigenvalue weighted by molar-refractivity contribution is 5.81. The summed E-state index contributed by atoms with van der Waals surface area (Å²) in [5, 5.41) is 33.0. The second-order valence-corrected chi connectivity index (χ2v) is 14.8. The third-order valence-corrected chi connectivity index (χ3v) is 12.9. The zero-order valence-electron chi connectivity index (χ0n) is 22.6. The Hall–Kier alpha value is -1.20. The minimum Gasteiger partial charge on any atom is -0.481 e. The summed E-state index contributed by atoms with van der Waals surface area (Å²) < 4.78 is 0. The van der Waals surface area contributed by atoms with Crippen LogP contribution in [0.3, 0.4) is 0 Å². The quantitative estimate of drug-likeness (QED) is 0.352. The Balaban J connectivity index is 1.65. The van der Waals surface area contributed by atoms with Crippen molar-refractivity contribution in [3.05, 3.63) is 11.1 Å². The van der Waals surface area contributed by atoms with Gasteiger partial charge >= 0.3 is 5.97 Å². The number of aliphatic hydroxyl groups excluding tert-OH is 2. The van der Waals surface area contributed by atoms with Gasteiger partial charge in [-0.25, -0.2) is 0 Å². The minimum atomic E-state index is -1.14. The highest BCUT2D eigenvalue weighted by atomic mass is 16.4. The molecule has 5 heteroatoms. The number of hydrogen-bond donors (Lipinski definition) is 3. The largest absolute Gasteiger partial charge is 0.481 e. The summed E-state index contributed by atoms with van der Waals surface area (Å²) in [5.74, 6) is -0.334. The van der Waals surface area contributed by atoms with E-state index in [0.29, 0.717) is 25.2 Å². The van der Waals surface area contributed by atoms with Crippen molar-refractivity contribution in [2.75, 3.05) is 0 Å². The molecule has 4 fully saturated rings. The molecule has 5 rings (SSSR count). The number of allylic oxidation sites excluding steroid dienone is 1. The molecule has 0 unspecified atom stereocenters. The van der Waals surface area contributed by atoms with E-state index < -0.39 is 29.0 Å². The first kappa shape index (κ1) is 25.4. The van der Waals surface area contributed by atoms with E-state index in [4.69, 9.17) is 0 Å². The molecule has 5 aliphatic rings. The molecule has 0 aromatic carbocycles. The minimum absolute atomic E-state index is 0.0337. The Morgan fingerprint density at radius 2 is 1.54 bits per heavy atom. The van der Waals surface area contributed by atoms with Crippen molar-refractivity contribution in [2.45, 2.75) is 118 Å². The lowest BCUT2D eigenvalue weighted by Crippen LogP contribution is -2.66. The number of aliphatic hydroxyl groups is 2. The number of aliphatic carboxylic acids is 1. The predicted octanol–water partition coefficient (Wildman–Crippen LogP) is 5.53. The highest BCUT2D eigenvalue weighted by Gasteiger charge is 2.70. The van der Waals surface area contributed by atoms with E-state index in [-0.39, 0.29) is 27.6 Å². The van der Waals surface area contributed by atoms with Gasteiger partial charge in [0, 0.05) is 0 Å². The summed E-state index contributed by atoms with van der Waals surface area (Å²) in [7, 11) is 0. The third-order valence-electron chi connectivity index (χ3n) is 12.9. The van der Waals surface area contributed by atoms with Crippen LogP contribution in [0.1, 0.15) is 106 Å². The molecule has 0 heterocycles. The molecule has 0 aliphatic heterocycles. The van der Waals surface area contributed by atoms with Crippen molar-refractivity contribution < 1.29 is 24.9 Å². The number of hydrogen-bond acceptors (Lipinski definition) is 4. The van der Waals surface area contributed by atoms with Gasteiger partial charge in [-0.3, -0.25) is 4.79 Å². The fourth-order valence-electron chi connectivity index (χ4n) is 10.6. The van der Waals surface area contributed by atoms with E-state index in [1.165, 1.54) is 5.57 Å². The van der Waals surface area contributed by atoms with E-state index in [1.807, 2.05) is 6.92 Å². The maximum atomic E-state index is 12.8. The zero-order chi connectivity index (χ0) is 25.8. The first-order valence-electron chi connectivity index (χ1n) is 13.9. The van der Waals surface area contributed by atoms with Crippen molar-refractivity contribution in [2.24, 2.45) is 44.3 Å². The molecule has 5 nitrogen and oxygen atoms in total. The van der Waals surface area contributed by atoms with Gasteiger partial charge in [0.15, 0.2) is 0 Å². The molecule has 4 saturated carbocycles. The van der Waals surface area contributed by atoms with Crippen LogP contribution in [0.2, 0.25) is 0 Å². The fraction of sp³-hybridized carbons (Fsp3) is 0.867. The molecule has 3 N–H and O–H groups in total. The molecule has 196 valence electrons. The predicted molar refractivity (Wildman–Crippen MR) is 135 cm³/mol. The zero-order valence-corrected chi connectivity index (χ0v) is 22.6. The maximum Gasteiger partial charge on any atom is 0.316 e. The van der Waals surface area contributed by atoms with E-state index in [9.17, 15) is 24.9 Å². The van der Waals surface area contributed by atoms with Crippen LogP contribution in [0, 0.1) is 44.3 Å². The number of fused-ring (bicyclic) bond motifs is 6. The molecule has 35 heavy (non-hydrogen) atoms. The van der Waals surface area contributed by atoms with Crippen molar-refractivity contribution in [1.29, 1.82) is 0 Å². The molecule has 0 radical (unpaired) electrons. The monoisotopic (exact) mass is 486 g/mol. The van der Waals surface area contributed by atoms with Gasteiger partial charge in [0.25, 0.3) is 0 Å². The molecular formula is C30H46O5. The first-order chi connectivity index (χ1) is 16.1. The van der Waals surface area contributed by atoms with Crippen LogP contribution in [0.4, 0.5) is 0 Å². The first-order valence-corrected chi connectivity index (χ1v) is 13.9. The average molecular weight is 487 g/mol. The Labute approximate surface area is 210 Å². The second-order valence-electron chi connectivity index (χ2n) is 14.8. The summed E-state index contributed by atoms with van der Waals surface area (Å²) in [6, 6.07) is 0. The van der Waals surface area contributed by atoms with Crippen LogP contribution < -0.4 is 0 Å². The van der Waals surface area contributed by atoms with Crippen molar-refractivity contribution in [3.8, 4) is 0 Å². The lowest BCUT2D eigenvalue weighted by Gasteiger charge is -2.71. The van der Waals surface area contributed by atoms with E-state index >= 15 is 0 Å². The summed E-state index contributed by atoms with van der Waals surface area (Å²) in [5.41, 5.74) is 0.132. The number of carbonyl (C=O) groups excluding carboxylic acids is 1. The molecule has 0 bridgehead atoms. The van der Waals surface area contributed by atoms with Gasteiger partial charge in [-0.15, -0.1) is 0 Å². The van der Waals surface area contributed by atoms with Crippen molar-refractivity contribution in [1.82, 2.24) is 0 Å². The van der Waals surface area contributed by atoms with Crippen LogP contribution in [-0.4, -0.2) is 39.8 Å². The van der Waals surface area contributed by atoms with Crippen LogP contribution >= 0.6 is 0 Å². The topological polar surface area (TPSA) is 94.8 Å². The Bertz CT molecular complexity index is 983. The normalized spacial score (nSPS) is 53.0. The maximum absolute atomic E-state index is 12.8. The third kappa shape index (κ3) is 2.94. The number of carboxylic acid groups (broad SMARTS) is 1. The van der Waals surface area contributed by atoms with Gasteiger partial charge in [-0.1, -0.05) is 52.7 Å². The Morgan fingerprint density at radius 1 is 0.857 bits per heavy atom. The summed E-state index contributed by atoms with van der Waals surface area (Å²) in [4.78, 5) is 25.1. The SMILES string of the molecule is CC1(C)CC[C@@]2(C(=O)O)C(=C3CC[C@@H]4[C@@]5(C)CC[C@H](O)[C@@](C)(C=O)[C@@H]5CC[C@@]4(C)[C@]3(C)C[C@H]2O)C1. The van der Waals surface area contributed by atoms with E-state index in [1.54, 1.807) is 0 Å². The molecule has 0 amide bonds. The lowest BCUT2D eigenvalue weighted by molar-refractivity contribution is -0.210. The Morgan fingerprint density at radius 3 is 2.17 bits per heavy atom. The number of carboxylic acids is 1. The lowest BCUT2D eigenvalue weighted by atomic mass is 9.33. The molecule has 9 atom stereocenters. The summed E-state index contributed by atoms with van der Waals surface area (Å²) in [6.45, 7) is 13.5. The molecule has 0 aromatic heterocycles. The van der Waals surface area contributed by atoms with Crippen molar-refractivity contribution >= 4 is 12.3 Å². The smallest absolute Gasteiger partial charge is 0.316 e. The molecule has 0 spiro atoms. The number of rotatable bonds is 2. The number of carbonyl (C=O) groups is 2. The molecule has 5 aliphatic carbocycles. The molecular weight excluding hydrogens is 440 g/mol. The highest BCUT2D eigenvalue weighted by Crippen LogP contribution is 2.75. The molecule has 0 aromatic rings. The van der Waals surface area contributed by atoms with Crippen LogP contribution in [0.5, 0.6) is 0 Å².